The number of hydrogen-bond donors (Lipinski definition) is 2. The van der Waals surface area contributed by atoms with Gasteiger partial charge in [-0.3, -0.25) is 4.79 Å². The summed E-state index contributed by atoms with van der Waals surface area (Å²) in [5, 5.41) is 4.66. The number of rotatable bonds is 2. The summed E-state index contributed by atoms with van der Waals surface area (Å²) in [4.78, 5) is 15.5. The van der Waals surface area contributed by atoms with E-state index in [0.29, 0.717) is 5.69 Å². The first kappa shape index (κ1) is 9.61. The highest BCUT2D eigenvalue weighted by atomic mass is 32.1. The van der Waals surface area contributed by atoms with Crippen LogP contribution in [-0.4, -0.2) is 23.0 Å². The summed E-state index contributed by atoms with van der Waals surface area (Å²) in [7, 11) is 0. The Morgan fingerprint density at radius 3 is 3.07 bits per heavy atom. The minimum atomic E-state index is -0.103. The molecular formula is C9H13N3OS. The smallest absolute Gasteiger partial charge is 0.271 e. The first-order valence-electron chi connectivity index (χ1n) is 4.72. The van der Waals surface area contributed by atoms with Crippen molar-refractivity contribution in [2.75, 3.05) is 0 Å². The molecule has 76 valence electrons. The fourth-order valence-electron chi connectivity index (χ4n) is 1.73. The second-order valence-electron chi connectivity index (χ2n) is 3.55. The van der Waals surface area contributed by atoms with Crippen LogP contribution in [0.2, 0.25) is 0 Å². The number of hydrogen-bond acceptors (Lipinski definition) is 4. The van der Waals surface area contributed by atoms with E-state index in [-0.39, 0.29) is 18.0 Å². The Hall–Kier alpha value is -0.940. The molecule has 2 atom stereocenters. The van der Waals surface area contributed by atoms with Gasteiger partial charge < -0.3 is 11.1 Å². The van der Waals surface area contributed by atoms with Crippen molar-refractivity contribution >= 4 is 17.2 Å². The number of nitrogens with two attached hydrogens (primary N) is 1. The lowest BCUT2D eigenvalue weighted by Crippen LogP contribution is -2.44. The van der Waals surface area contributed by atoms with E-state index in [1.807, 2.05) is 0 Å². The lowest BCUT2D eigenvalue weighted by Gasteiger charge is -2.16. The van der Waals surface area contributed by atoms with E-state index in [1.165, 1.54) is 11.3 Å². The minimum absolute atomic E-state index is 0.103. The van der Waals surface area contributed by atoms with Crippen LogP contribution in [0.5, 0.6) is 0 Å². The maximum Gasteiger partial charge on any atom is 0.271 e. The van der Waals surface area contributed by atoms with Crippen molar-refractivity contribution in [3.63, 3.8) is 0 Å². The topological polar surface area (TPSA) is 68.0 Å². The first-order valence-corrected chi connectivity index (χ1v) is 5.66. The van der Waals surface area contributed by atoms with Crippen LogP contribution in [0.15, 0.2) is 10.9 Å². The van der Waals surface area contributed by atoms with E-state index in [9.17, 15) is 4.79 Å². The summed E-state index contributed by atoms with van der Waals surface area (Å²) < 4.78 is 0. The van der Waals surface area contributed by atoms with Crippen molar-refractivity contribution in [2.24, 2.45) is 5.73 Å². The first-order chi connectivity index (χ1) is 6.77. The largest absolute Gasteiger partial charge is 0.346 e. The molecule has 1 aliphatic carbocycles. The van der Waals surface area contributed by atoms with Gasteiger partial charge in [0.2, 0.25) is 0 Å². The highest BCUT2D eigenvalue weighted by Gasteiger charge is 2.25. The van der Waals surface area contributed by atoms with Gasteiger partial charge in [0.05, 0.1) is 5.51 Å². The monoisotopic (exact) mass is 211 g/mol. The van der Waals surface area contributed by atoms with E-state index in [1.54, 1.807) is 10.9 Å². The molecule has 2 unspecified atom stereocenters. The van der Waals surface area contributed by atoms with Crippen molar-refractivity contribution in [1.82, 2.24) is 10.3 Å². The number of aromatic nitrogens is 1. The zero-order chi connectivity index (χ0) is 9.97. The Labute approximate surface area is 86.5 Å². The van der Waals surface area contributed by atoms with Gasteiger partial charge in [-0.25, -0.2) is 4.98 Å². The molecule has 2 rings (SSSR count). The van der Waals surface area contributed by atoms with Crippen LogP contribution in [-0.2, 0) is 0 Å². The van der Waals surface area contributed by atoms with Crippen molar-refractivity contribution in [2.45, 2.75) is 31.3 Å². The molecule has 0 aliphatic heterocycles. The van der Waals surface area contributed by atoms with Crippen molar-refractivity contribution in [3.8, 4) is 0 Å². The Morgan fingerprint density at radius 2 is 2.50 bits per heavy atom. The number of amides is 1. The van der Waals surface area contributed by atoms with Gasteiger partial charge in [0, 0.05) is 17.5 Å². The molecule has 0 bridgehead atoms. The predicted octanol–water partition coefficient (Wildman–Crippen LogP) is 0.753. The van der Waals surface area contributed by atoms with Gasteiger partial charge >= 0.3 is 0 Å². The van der Waals surface area contributed by atoms with E-state index in [0.717, 1.165) is 19.3 Å². The summed E-state index contributed by atoms with van der Waals surface area (Å²) in [5.41, 5.74) is 8.00. The summed E-state index contributed by atoms with van der Waals surface area (Å²) in [5.74, 6) is -0.103. The molecular weight excluding hydrogens is 198 g/mol. The van der Waals surface area contributed by atoms with Gasteiger partial charge in [0.15, 0.2) is 0 Å². The van der Waals surface area contributed by atoms with Gasteiger partial charge in [-0.2, -0.15) is 0 Å². The van der Waals surface area contributed by atoms with Gasteiger partial charge in [0.25, 0.3) is 5.91 Å². The predicted molar refractivity (Wildman–Crippen MR) is 55.2 cm³/mol. The van der Waals surface area contributed by atoms with Crippen molar-refractivity contribution in [1.29, 1.82) is 0 Å². The molecule has 0 aromatic carbocycles. The van der Waals surface area contributed by atoms with Crippen LogP contribution in [0, 0.1) is 0 Å². The number of thiazole rings is 1. The van der Waals surface area contributed by atoms with E-state index < -0.39 is 0 Å². The molecule has 1 aromatic rings. The summed E-state index contributed by atoms with van der Waals surface area (Å²) in [6.07, 6.45) is 3.09. The lowest BCUT2D eigenvalue weighted by molar-refractivity contribution is 0.0930. The average molecular weight is 211 g/mol. The number of carbonyl (C=O) groups is 1. The molecule has 1 aliphatic rings. The zero-order valence-corrected chi connectivity index (χ0v) is 8.59. The molecule has 1 saturated carbocycles. The Bertz CT molecular complexity index is 312. The molecule has 5 heteroatoms. The summed E-state index contributed by atoms with van der Waals surface area (Å²) in [6, 6.07) is 0.238. The molecule has 0 radical (unpaired) electrons. The van der Waals surface area contributed by atoms with Crippen LogP contribution in [0.25, 0.3) is 0 Å². The fraction of sp³-hybridized carbons (Fsp3) is 0.556. The fourth-order valence-corrected chi connectivity index (χ4v) is 2.27. The van der Waals surface area contributed by atoms with Gasteiger partial charge in [0.1, 0.15) is 5.69 Å². The number of carbonyl (C=O) groups excluding carboxylic acids is 1. The van der Waals surface area contributed by atoms with Crippen molar-refractivity contribution < 1.29 is 4.79 Å². The summed E-state index contributed by atoms with van der Waals surface area (Å²) in [6.45, 7) is 0. The molecule has 3 N–H and O–H groups in total. The maximum atomic E-state index is 11.6. The van der Waals surface area contributed by atoms with Crippen LogP contribution < -0.4 is 11.1 Å². The molecule has 0 saturated heterocycles. The molecule has 1 heterocycles. The molecule has 1 amide bonds. The van der Waals surface area contributed by atoms with Crippen molar-refractivity contribution in [3.05, 3.63) is 16.6 Å². The standard InChI is InChI=1S/C9H13N3OS/c10-6-2-1-3-7(6)12-9(13)8-4-14-5-11-8/h4-7H,1-3,10H2,(H,12,13). The van der Waals surface area contributed by atoms with Gasteiger partial charge in [-0.05, 0) is 19.3 Å². The van der Waals surface area contributed by atoms with E-state index in [2.05, 4.69) is 10.3 Å². The zero-order valence-electron chi connectivity index (χ0n) is 7.77. The Morgan fingerprint density at radius 1 is 1.64 bits per heavy atom. The van der Waals surface area contributed by atoms with Crippen LogP contribution in [0.4, 0.5) is 0 Å². The summed E-state index contributed by atoms with van der Waals surface area (Å²) >= 11 is 1.42. The number of nitrogens with zero attached hydrogens (tertiary/aromatic N) is 1. The maximum absolute atomic E-state index is 11.6. The Kier molecular flexibility index (Phi) is 2.79. The lowest BCUT2D eigenvalue weighted by atomic mass is 10.2. The second kappa shape index (κ2) is 4.06. The van der Waals surface area contributed by atoms with Crippen LogP contribution >= 0.6 is 11.3 Å². The second-order valence-corrected chi connectivity index (χ2v) is 4.27. The average Bonchev–Trinajstić information content (AvgIpc) is 2.77. The third-order valence-electron chi connectivity index (χ3n) is 2.55. The SMILES string of the molecule is NC1CCCC1NC(=O)c1cscn1. The molecule has 4 nitrogen and oxygen atoms in total. The van der Waals surface area contributed by atoms with E-state index in [4.69, 9.17) is 5.73 Å². The van der Waals surface area contributed by atoms with Crippen LogP contribution in [0.3, 0.4) is 0 Å². The molecule has 1 aromatic heterocycles. The highest BCUT2D eigenvalue weighted by Crippen LogP contribution is 2.17. The Balaban J connectivity index is 1.95. The minimum Gasteiger partial charge on any atom is -0.346 e. The van der Waals surface area contributed by atoms with Crippen LogP contribution in [0.1, 0.15) is 29.8 Å². The highest BCUT2D eigenvalue weighted by molar-refractivity contribution is 7.07. The van der Waals surface area contributed by atoms with Gasteiger partial charge in [-0.15, -0.1) is 11.3 Å². The third-order valence-corrected chi connectivity index (χ3v) is 3.14. The molecule has 14 heavy (non-hydrogen) atoms. The quantitative estimate of drug-likeness (QED) is 0.758. The van der Waals surface area contributed by atoms with E-state index >= 15 is 0 Å². The number of nitrogens with one attached hydrogen (secondary N) is 1. The van der Waals surface area contributed by atoms with Gasteiger partial charge in [-0.1, -0.05) is 0 Å². The molecule has 0 spiro atoms. The normalized spacial score (nSPS) is 26.4. The molecule has 1 fully saturated rings. The third kappa shape index (κ3) is 1.93.